The number of thiophene rings is 1. The van der Waals surface area contributed by atoms with Crippen LogP contribution in [0.3, 0.4) is 0 Å². The zero-order valence-electron chi connectivity index (χ0n) is 6.01. The van der Waals surface area contributed by atoms with Crippen molar-refractivity contribution in [1.29, 1.82) is 0 Å². The molecule has 56 valence electrons. The summed E-state index contributed by atoms with van der Waals surface area (Å²) in [5.74, 6) is 0. The summed E-state index contributed by atoms with van der Waals surface area (Å²) in [5, 5.41) is 0. The molecule has 10 heavy (non-hydrogen) atoms. The molecule has 0 spiro atoms. The molecule has 0 aliphatic heterocycles. The molecule has 0 aliphatic carbocycles. The molecule has 0 radical (unpaired) electrons. The fraction of sp³-hybridized carbons (Fsp3) is 0.429. The highest BCUT2D eigenvalue weighted by Gasteiger charge is 2.07. The highest BCUT2D eigenvalue weighted by atomic mass is 32.2. The minimum absolute atomic E-state index is 1.04. The van der Waals surface area contributed by atoms with Gasteiger partial charge in [0.05, 0.1) is 4.21 Å². The molecule has 0 aliphatic rings. The maximum atomic E-state index is 4.35. The van der Waals surface area contributed by atoms with Crippen molar-refractivity contribution in [2.24, 2.45) is 0 Å². The van der Waals surface area contributed by atoms with Crippen molar-refractivity contribution in [1.82, 2.24) is 0 Å². The Kier molecular flexibility index (Phi) is 2.72. The first-order chi connectivity index (χ1) is 4.66. The van der Waals surface area contributed by atoms with E-state index in [9.17, 15) is 0 Å². The number of hydrogen-bond acceptors (Lipinski definition) is 3. The number of aryl methyl sites for hydroxylation is 1. The molecule has 1 heterocycles. The van der Waals surface area contributed by atoms with Crippen LogP contribution in [0.15, 0.2) is 9.10 Å². The van der Waals surface area contributed by atoms with Crippen molar-refractivity contribution >= 4 is 36.6 Å². The van der Waals surface area contributed by atoms with Crippen molar-refractivity contribution in [2.75, 3.05) is 0 Å². The van der Waals surface area contributed by atoms with E-state index in [0.717, 1.165) is 15.5 Å². The summed E-state index contributed by atoms with van der Waals surface area (Å²) in [6.07, 6.45) is 1.06. The van der Waals surface area contributed by atoms with Gasteiger partial charge < -0.3 is 0 Å². The van der Waals surface area contributed by atoms with Crippen LogP contribution < -0.4 is 0 Å². The van der Waals surface area contributed by atoms with Crippen LogP contribution in [-0.4, -0.2) is 0 Å². The second-order valence-electron chi connectivity index (χ2n) is 2.14. The largest absolute Gasteiger partial charge is 0.141 e. The standard InChI is InChI=1S/C7H10S3/c1-3-5-4(2)10-7(9)6(5)8/h8-9H,3H2,1-2H3. The van der Waals surface area contributed by atoms with Crippen molar-refractivity contribution in [3.8, 4) is 0 Å². The third-order valence-corrected chi connectivity index (χ3v) is 3.79. The van der Waals surface area contributed by atoms with Gasteiger partial charge in [0.1, 0.15) is 0 Å². The number of hydrogen-bond donors (Lipinski definition) is 2. The second kappa shape index (κ2) is 3.20. The molecule has 0 nitrogen and oxygen atoms in total. The van der Waals surface area contributed by atoms with E-state index in [0.29, 0.717) is 0 Å². The third kappa shape index (κ3) is 1.36. The van der Waals surface area contributed by atoms with Gasteiger partial charge in [0.25, 0.3) is 0 Å². The smallest absolute Gasteiger partial charge is 0.0707 e. The Morgan fingerprint density at radius 2 is 2.00 bits per heavy atom. The van der Waals surface area contributed by atoms with Gasteiger partial charge in [-0.3, -0.25) is 0 Å². The van der Waals surface area contributed by atoms with Gasteiger partial charge in [-0.05, 0) is 18.9 Å². The molecule has 0 saturated carbocycles. The molecule has 0 fully saturated rings. The molecular formula is C7H10S3. The van der Waals surface area contributed by atoms with E-state index in [1.807, 2.05) is 0 Å². The minimum atomic E-state index is 1.04. The molecule has 0 saturated heterocycles. The van der Waals surface area contributed by atoms with Crippen LogP contribution in [0, 0.1) is 6.92 Å². The van der Waals surface area contributed by atoms with Crippen molar-refractivity contribution < 1.29 is 0 Å². The summed E-state index contributed by atoms with van der Waals surface area (Å²) in [4.78, 5) is 2.41. The van der Waals surface area contributed by atoms with E-state index in [4.69, 9.17) is 0 Å². The fourth-order valence-electron chi connectivity index (χ4n) is 0.967. The fourth-order valence-corrected chi connectivity index (χ4v) is 2.93. The quantitative estimate of drug-likeness (QED) is 0.624. The van der Waals surface area contributed by atoms with E-state index >= 15 is 0 Å². The summed E-state index contributed by atoms with van der Waals surface area (Å²) >= 11 is 10.3. The van der Waals surface area contributed by atoms with Gasteiger partial charge in [-0.1, -0.05) is 6.92 Å². The topological polar surface area (TPSA) is 0 Å². The maximum absolute atomic E-state index is 4.35. The summed E-state index contributed by atoms with van der Waals surface area (Å²) in [6, 6.07) is 0. The molecule has 0 N–H and O–H groups in total. The van der Waals surface area contributed by atoms with Gasteiger partial charge in [0.2, 0.25) is 0 Å². The van der Waals surface area contributed by atoms with Gasteiger partial charge in [-0.15, -0.1) is 36.6 Å². The monoisotopic (exact) mass is 190 g/mol. The third-order valence-electron chi connectivity index (χ3n) is 1.52. The lowest BCUT2D eigenvalue weighted by molar-refractivity contribution is 1.07. The van der Waals surface area contributed by atoms with Crippen LogP contribution >= 0.6 is 36.6 Å². The average molecular weight is 190 g/mol. The highest BCUT2D eigenvalue weighted by molar-refractivity contribution is 7.85. The van der Waals surface area contributed by atoms with Gasteiger partial charge in [-0.2, -0.15) is 0 Å². The molecule has 0 amide bonds. The molecule has 1 rings (SSSR count). The first kappa shape index (κ1) is 8.50. The van der Waals surface area contributed by atoms with E-state index < -0.39 is 0 Å². The molecule has 1 aromatic heterocycles. The van der Waals surface area contributed by atoms with Crippen molar-refractivity contribution in [2.45, 2.75) is 29.4 Å². The molecule has 0 aromatic carbocycles. The van der Waals surface area contributed by atoms with Crippen LogP contribution in [-0.2, 0) is 6.42 Å². The van der Waals surface area contributed by atoms with Crippen LogP contribution in [0.2, 0.25) is 0 Å². The highest BCUT2D eigenvalue weighted by Crippen LogP contribution is 2.33. The van der Waals surface area contributed by atoms with Crippen LogP contribution in [0.4, 0.5) is 0 Å². The second-order valence-corrected chi connectivity index (χ2v) is 4.57. The minimum Gasteiger partial charge on any atom is -0.141 e. The normalized spacial score (nSPS) is 10.4. The van der Waals surface area contributed by atoms with E-state index in [1.54, 1.807) is 11.3 Å². The predicted molar refractivity (Wildman–Crippen MR) is 52.9 cm³/mol. The molecule has 0 atom stereocenters. The lowest BCUT2D eigenvalue weighted by atomic mass is 10.2. The molecule has 1 aromatic rings. The van der Waals surface area contributed by atoms with Gasteiger partial charge >= 0.3 is 0 Å². The Hall–Kier alpha value is 0.400. The summed E-state index contributed by atoms with van der Waals surface area (Å²) in [7, 11) is 0. The summed E-state index contributed by atoms with van der Waals surface area (Å²) in [6.45, 7) is 4.25. The molecular weight excluding hydrogens is 180 g/mol. The van der Waals surface area contributed by atoms with Gasteiger partial charge in [-0.25, -0.2) is 0 Å². The molecule has 3 heteroatoms. The van der Waals surface area contributed by atoms with Crippen molar-refractivity contribution in [3.63, 3.8) is 0 Å². The van der Waals surface area contributed by atoms with Gasteiger partial charge in [0, 0.05) is 9.77 Å². The Morgan fingerprint density at radius 3 is 2.20 bits per heavy atom. The number of thiol groups is 2. The SMILES string of the molecule is CCc1c(C)sc(S)c1S. The Labute approximate surface area is 76.5 Å². The van der Waals surface area contributed by atoms with E-state index in [-0.39, 0.29) is 0 Å². The van der Waals surface area contributed by atoms with Crippen LogP contribution in [0.1, 0.15) is 17.4 Å². The van der Waals surface area contributed by atoms with Crippen molar-refractivity contribution in [3.05, 3.63) is 10.4 Å². The predicted octanol–water partition coefficient (Wildman–Crippen LogP) is 3.20. The molecule has 0 unspecified atom stereocenters. The lowest BCUT2D eigenvalue weighted by Gasteiger charge is -1.93. The molecule has 0 bridgehead atoms. The lowest BCUT2D eigenvalue weighted by Crippen LogP contribution is -1.78. The Bertz CT molecular complexity index is 237. The zero-order valence-corrected chi connectivity index (χ0v) is 8.62. The summed E-state index contributed by atoms with van der Waals surface area (Å²) in [5.41, 5.74) is 1.35. The van der Waals surface area contributed by atoms with E-state index in [1.165, 1.54) is 10.4 Å². The average Bonchev–Trinajstić information content (AvgIpc) is 2.09. The van der Waals surface area contributed by atoms with Crippen LogP contribution in [0.5, 0.6) is 0 Å². The van der Waals surface area contributed by atoms with Gasteiger partial charge in [0.15, 0.2) is 0 Å². The van der Waals surface area contributed by atoms with E-state index in [2.05, 4.69) is 39.1 Å². The Balaban J connectivity index is 3.20. The Morgan fingerprint density at radius 1 is 1.40 bits per heavy atom. The maximum Gasteiger partial charge on any atom is 0.0707 e. The zero-order chi connectivity index (χ0) is 7.72. The first-order valence-corrected chi connectivity index (χ1v) is 4.88. The number of rotatable bonds is 1. The van der Waals surface area contributed by atoms with Crippen LogP contribution in [0.25, 0.3) is 0 Å². The first-order valence-electron chi connectivity index (χ1n) is 3.17. The summed E-state index contributed by atoms with van der Waals surface area (Å²) < 4.78 is 1.04.